The smallest absolute Gasteiger partial charge is 0.365 e. The molecule has 0 N–H and O–H groups in total. The van der Waals surface area contributed by atoms with Gasteiger partial charge in [-0.25, -0.2) is 14.8 Å². The first-order valence-corrected chi connectivity index (χ1v) is 11.8. The molecule has 1 atom stereocenters. The Kier molecular flexibility index (Phi) is 5.75. The summed E-state index contributed by atoms with van der Waals surface area (Å²) in [4.78, 5) is 11.7. The summed E-state index contributed by atoms with van der Waals surface area (Å²) in [5, 5.41) is 14.0. The molecule has 0 amide bonds. The van der Waals surface area contributed by atoms with E-state index in [1.165, 1.54) is 18.9 Å². The number of hydrogen-bond acceptors (Lipinski definition) is 8. The van der Waals surface area contributed by atoms with Crippen LogP contribution in [0.3, 0.4) is 0 Å². The fourth-order valence-electron chi connectivity index (χ4n) is 4.22. The summed E-state index contributed by atoms with van der Waals surface area (Å²) in [5.41, 5.74) is 4.67. The molecule has 0 saturated carbocycles. The third kappa shape index (κ3) is 3.42. The molecule has 2 heterocycles. The van der Waals surface area contributed by atoms with E-state index in [1.807, 2.05) is 76.7 Å². The SMILES string of the molecule is CCC1=NN(c2ccccc2)C2(SC(C(=O)OC)=NN2c2ccc(OC)cc2)c2ccccc21. The summed E-state index contributed by atoms with van der Waals surface area (Å²) in [5.74, 6) is 0.244. The van der Waals surface area contributed by atoms with E-state index in [0.29, 0.717) is 0 Å². The number of hydrogen-bond donors (Lipinski definition) is 0. The number of esters is 1. The minimum Gasteiger partial charge on any atom is -0.497 e. The van der Waals surface area contributed by atoms with Crippen LogP contribution in [0.4, 0.5) is 11.4 Å². The van der Waals surface area contributed by atoms with Crippen molar-refractivity contribution in [2.24, 2.45) is 10.2 Å². The number of ether oxygens (including phenoxy) is 2. The molecule has 3 aromatic rings. The fourth-order valence-corrected chi connectivity index (χ4v) is 5.54. The van der Waals surface area contributed by atoms with E-state index in [9.17, 15) is 4.79 Å². The van der Waals surface area contributed by atoms with Crippen molar-refractivity contribution in [3.8, 4) is 5.75 Å². The van der Waals surface area contributed by atoms with Gasteiger partial charge in [-0.3, -0.25) is 0 Å². The molecule has 3 aromatic carbocycles. The van der Waals surface area contributed by atoms with Gasteiger partial charge in [0.05, 0.1) is 31.3 Å². The van der Waals surface area contributed by atoms with Crippen molar-refractivity contribution >= 4 is 39.9 Å². The number of anilines is 2. The number of methoxy groups -OCH3 is 2. The van der Waals surface area contributed by atoms with Gasteiger partial charge in [0.15, 0.2) is 0 Å². The molecule has 0 bridgehead atoms. The van der Waals surface area contributed by atoms with Gasteiger partial charge in [0.2, 0.25) is 10.0 Å². The quantitative estimate of drug-likeness (QED) is 0.477. The van der Waals surface area contributed by atoms with Crippen molar-refractivity contribution < 1.29 is 14.3 Å². The molecular formula is C26H24N4O3S. The van der Waals surface area contributed by atoms with Crippen molar-refractivity contribution in [2.45, 2.75) is 18.3 Å². The Morgan fingerprint density at radius 2 is 1.53 bits per heavy atom. The molecule has 0 aliphatic carbocycles. The third-order valence-electron chi connectivity index (χ3n) is 5.83. The molecule has 0 aromatic heterocycles. The van der Waals surface area contributed by atoms with Gasteiger partial charge in [-0.05, 0) is 54.6 Å². The Balaban J connectivity index is 1.79. The van der Waals surface area contributed by atoms with Gasteiger partial charge >= 0.3 is 5.97 Å². The predicted octanol–water partition coefficient (Wildman–Crippen LogP) is 5.18. The minimum atomic E-state index is -0.977. The first kappa shape index (κ1) is 22.0. The zero-order chi connectivity index (χ0) is 23.7. The van der Waals surface area contributed by atoms with E-state index in [0.717, 1.165) is 40.4 Å². The average Bonchev–Trinajstić information content (AvgIpc) is 3.30. The van der Waals surface area contributed by atoms with Crippen LogP contribution >= 0.6 is 11.8 Å². The van der Waals surface area contributed by atoms with Gasteiger partial charge in [0, 0.05) is 11.1 Å². The van der Waals surface area contributed by atoms with Gasteiger partial charge < -0.3 is 9.47 Å². The molecule has 1 spiro atoms. The largest absolute Gasteiger partial charge is 0.497 e. The lowest BCUT2D eigenvalue weighted by Crippen LogP contribution is -2.53. The maximum atomic E-state index is 12.7. The highest BCUT2D eigenvalue weighted by Crippen LogP contribution is 2.54. The summed E-state index contributed by atoms with van der Waals surface area (Å²) in [6, 6.07) is 25.7. The maximum Gasteiger partial charge on any atom is 0.365 e. The highest BCUT2D eigenvalue weighted by atomic mass is 32.2. The van der Waals surface area contributed by atoms with E-state index < -0.39 is 11.0 Å². The third-order valence-corrected chi connectivity index (χ3v) is 7.12. The number of carbonyl (C=O) groups excluding carboxylic acids is 1. The highest BCUT2D eigenvalue weighted by molar-refractivity contribution is 8.16. The number of thioether (sulfide) groups is 1. The Labute approximate surface area is 202 Å². The summed E-state index contributed by atoms with van der Waals surface area (Å²) in [7, 11) is 3.00. The Morgan fingerprint density at radius 3 is 2.21 bits per heavy atom. The zero-order valence-corrected chi connectivity index (χ0v) is 20.0. The molecule has 2 aliphatic rings. The van der Waals surface area contributed by atoms with Crippen molar-refractivity contribution in [3.63, 3.8) is 0 Å². The van der Waals surface area contributed by atoms with E-state index >= 15 is 0 Å². The topological polar surface area (TPSA) is 66.7 Å². The molecule has 172 valence electrons. The standard InChI is InChI=1S/C26H24N4O3S/c1-4-23-21-12-8-9-13-22(21)26(29(27-23)18-10-6-5-7-11-18)30(28-24(34-26)25(31)33-3)19-14-16-20(32-2)17-15-19/h5-17H,4H2,1-3H3. The second kappa shape index (κ2) is 8.87. The first-order chi connectivity index (χ1) is 16.6. The normalized spacial score (nSPS) is 18.9. The van der Waals surface area contributed by atoms with Crippen LogP contribution in [0.15, 0.2) is 89.1 Å². The fraction of sp³-hybridized carbons (Fsp3) is 0.192. The van der Waals surface area contributed by atoms with Gasteiger partial charge in [-0.1, -0.05) is 49.4 Å². The van der Waals surface area contributed by atoms with Crippen LogP contribution in [-0.4, -0.2) is 30.9 Å². The lowest BCUT2D eigenvalue weighted by molar-refractivity contribution is -0.132. The number of fused-ring (bicyclic) bond motifs is 2. The highest BCUT2D eigenvalue weighted by Gasteiger charge is 2.56. The van der Waals surface area contributed by atoms with Crippen LogP contribution in [0, 0.1) is 0 Å². The van der Waals surface area contributed by atoms with Crippen molar-refractivity contribution in [1.29, 1.82) is 0 Å². The molecule has 7 nitrogen and oxygen atoms in total. The van der Waals surface area contributed by atoms with Crippen molar-refractivity contribution in [1.82, 2.24) is 0 Å². The summed E-state index contributed by atoms with van der Waals surface area (Å²) < 4.78 is 10.4. The van der Waals surface area contributed by atoms with Crippen LogP contribution in [0.5, 0.6) is 5.75 Å². The van der Waals surface area contributed by atoms with Gasteiger partial charge in [-0.2, -0.15) is 10.2 Å². The number of para-hydroxylation sites is 1. The summed E-state index contributed by atoms with van der Waals surface area (Å²) in [6.45, 7) is 2.09. The van der Waals surface area contributed by atoms with E-state index in [4.69, 9.17) is 19.7 Å². The second-order valence-corrected chi connectivity index (χ2v) is 8.87. The van der Waals surface area contributed by atoms with Crippen LogP contribution < -0.4 is 14.8 Å². The van der Waals surface area contributed by atoms with Gasteiger partial charge in [0.1, 0.15) is 5.75 Å². The molecule has 0 radical (unpaired) electrons. The van der Waals surface area contributed by atoms with Crippen molar-refractivity contribution in [2.75, 3.05) is 24.2 Å². The Morgan fingerprint density at radius 1 is 0.882 bits per heavy atom. The number of nitrogens with zero attached hydrogens (tertiary/aromatic N) is 4. The first-order valence-electron chi connectivity index (χ1n) is 10.9. The van der Waals surface area contributed by atoms with E-state index in [2.05, 4.69) is 19.1 Å². The van der Waals surface area contributed by atoms with Gasteiger partial charge in [-0.15, -0.1) is 0 Å². The molecule has 0 saturated heterocycles. The van der Waals surface area contributed by atoms with Crippen LogP contribution in [-0.2, 0) is 14.5 Å². The average molecular weight is 473 g/mol. The number of benzene rings is 3. The lowest BCUT2D eigenvalue weighted by atomic mass is 9.96. The van der Waals surface area contributed by atoms with Gasteiger partial charge in [0.25, 0.3) is 0 Å². The van der Waals surface area contributed by atoms with Crippen LogP contribution in [0.25, 0.3) is 0 Å². The lowest BCUT2D eigenvalue weighted by Gasteiger charge is -2.47. The minimum absolute atomic E-state index is 0.254. The molecule has 1 unspecified atom stereocenters. The number of carbonyl (C=O) groups is 1. The second-order valence-electron chi connectivity index (χ2n) is 7.71. The van der Waals surface area contributed by atoms with E-state index in [1.54, 1.807) is 7.11 Å². The molecule has 34 heavy (non-hydrogen) atoms. The zero-order valence-electron chi connectivity index (χ0n) is 19.1. The molecule has 5 rings (SSSR count). The molecule has 8 heteroatoms. The van der Waals surface area contributed by atoms with Crippen LogP contribution in [0.2, 0.25) is 0 Å². The number of hydrazone groups is 2. The molecule has 2 aliphatic heterocycles. The van der Waals surface area contributed by atoms with Crippen molar-refractivity contribution in [3.05, 3.63) is 90.0 Å². The maximum absolute atomic E-state index is 12.7. The Bertz CT molecular complexity index is 1280. The summed E-state index contributed by atoms with van der Waals surface area (Å²) in [6.07, 6.45) is 0.758. The van der Waals surface area contributed by atoms with E-state index in [-0.39, 0.29) is 5.04 Å². The predicted molar refractivity (Wildman–Crippen MR) is 136 cm³/mol. The number of rotatable bonds is 5. The summed E-state index contributed by atoms with van der Waals surface area (Å²) >= 11 is 1.33. The Hall–Kier alpha value is -3.78. The molecule has 0 fully saturated rings. The monoisotopic (exact) mass is 472 g/mol. The molecular weight excluding hydrogens is 448 g/mol. The van der Waals surface area contributed by atoms with Crippen LogP contribution in [0.1, 0.15) is 24.5 Å².